The monoisotopic (exact) mass is 391 g/mol. The molecule has 0 aliphatic heterocycles. The predicted octanol–water partition coefficient (Wildman–Crippen LogP) is 5.02. The van der Waals surface area contributed by atoms with Crippen LogP contribution in [-0.4, -0.2) is 15.3 Å². The van der Waals surface area contributed by atoms with E-state index >= 15 is 0 Å². The lowest BCUT2D eigenvalue weighted by Gasteiger charge is -2.08. The zero-order valence-electron chi connectivity index (χ0n) is 15.2. The van der Waals surface area contributed by atoms with E-state index in [1.165, 1.54) is 0 Å². The molecule has 0 spiro atoms. The van der Waals surface area contributed by atoms with Crippen LogP contribution in [-0.2, 0) is 6.54 Å². The molecule has 1 amide bonds. The predicted molar refractivity (Wildman–Crippen MR) is 109 cm³/mol. The highest BCUT2D eigenvalue weighted by atomic mass is 35.5. The second-order valence-electron chi connectivity index (χ2n) is 6.36. The number of carbonyl (C=O) groups excluding carboxylic acids is 1. The molecule has 0 unspecified atom stereocenters. The molecule has 2 aromatic heterocycles. The first kappa shape index (κ1) is 18.1. The van der Waals surface area contributed by atoms with Gasteiger partial charge in [0, 0.05) is 12.7 Å². The molecule has 28 heavy (non-hydrogen) atoms. The number of pyridine rings is 1. The van der Waals surface area contributed by atoms with E-state index in [9.17, 15) is 4.79 Å². The van der Waals surface area contributed by atoms with Crippen LogP contribution in [0.3, 0.4) is 0 Å². The molecule has 2 aromatic carbocycles. The van der Waals surface area contributed by atoms with E-state index in [2.05, 4.69) is 10.3 Å². The Morgan fingerprint density at radius 1 is 1.04 bits per heavy atom. The standard InChI is InChI=1S/C22H18ClN3O2/c1-15-21(26-14-17(23)9-12-20(26)25-15)22(27)24-13-16-7-10-19(11-8-16)28-18-5-3-2-4-6-18/h2-12,14H,13H2,1H3,(H,24,27). The quantitative estimate of drug-likeness (QED) is 0.519. The van der Waals surface area contributed by atoms with Gasteiger partial charge in [-0.1, -0.05) is 41.9 Å². The molecular weight excluding hydrogens is 374 g/mol. The number of halogens is 1. The van der Waals surface area contributed by atoms with Crippen molar-refractivity contribution in [3.8, 4) is 11.5 Å². The second kappa shape index (κ2) is 7.74. The van der Waals surface area contributed by atoms with E-state index in [4.69, 9.17) is 16.3 Å². The summed E-state index contributed by atoms with van der Waals surface area (Å²) >= 11 is 6.06. The maximum atomic E-state index is 12.7. The molecule has 0 saturated carbocycles. The van der Waals surface area contributed by atoms with Gasteiger partial charge in [-0.05, 0) is 48.9 Å². The topological polar surface area (TPSA) is 55.6 Å². The lowest BCUT2D eigenvalue weighted by molar-refractivity contribution is 0.0944. The Bertz CT molecular complexity index is 1120. The van der Waals surface area contributed by atoms with Crippen molar-refractivity contribution in [2.75, 3.05) is 0 Å². The zero-order chi connectivity index (χ0) is 19.5. The van der Waals surface area contributed by atoms with Crippen molar-refractivity contribution in [2.24, 2.45) is 0 Å². The Labute approximate surface area is 167 Å². The molecule has 4 aromatic rings. The van der Waals surface area contributed by atoms with E-state index in [0.29, 0.717) is 28.6 Å². The third-order valence-corrected chi connectivity index (χ3v) is 4.55. The molecule has 0 fully saturated rings. The summed E-state index contributed by atoms with van der Waals surface area (Å²) in [5.41, 5.74) is 2.81. The van der Waals surface area contributed by atoms with Crippen molar-refractivity contribution >= 4 is 23.2 Å². The number of fused-ring (bicyclic) bond motifs is 1. The summed E-state index contributed by atoms with van der Waals surface area (Å²) in [6.07, 6.45) is 1.70. The van der Waals surface area contributed by atoms with Crippen LogP contribution in [0, 0.1) is 6.92 Å². The summed E-state index contributed by atoms with van der Waals surface area (Å²) in [4.78, 5) is 17.1. The lowest BCUT2D eigenvalue weighted by Crippen LogP contribution is -2.24. The fraction of sp³-hybridized carbons (Fsp3) is 0.0909. The summed E-state index contributed by atoms with van der Waals surface area (Å²) < 4.78 is 7.49. The smallest absolute Gasteiger partial charge is 0.270 e. The summed E-state index contributed by atoms with van der Waals surface area (Å²) in [6.45, 7) is 2.21. The van der Waals surface area contributed by atoms with Gasteiger partial charge >= 0.3 is 0 Å². The number of aromatic nitrogens is 2. The van der Waals surface area contributed by atoms with Crippen LogP contribution in [0.4, 0.5) is 0 Å². The number of hydrogen-bond acceptors (Lipinski definition) is 3. The van der Waals surface area contributed by atoms with Gasteiger partial charge in [0.25, 0.3) is 5.91 Å². The van der Waals surface area contributed by atoms with Gasteiger partial charge in [-0.3, -0.25) is 9.20 Å². The van der Waals surface area contributed by atoms with Crippen molar-refractivity contribution in [2.45, 2.75) is 13.5 Å². The van der Waals surface area contributed by atoms with Crippen LogP contribution in [0.1, 0.15) is 21.7 Å². The second-order valence-corrected chi connectivity index (χ2v) is 6.80. The maximum Gasteiger partial charge on any atom is 0.270 e. The van der Waals surface area contributed by atoms with Crippen LogP contribution < -0.4 is 10.1 Å². The third kappa shape index (κ3) is 3.85. The van der Waals surface area contributed by atoms with Crippen molar-refractivity contribution in [3.05, 3.63) is 94.9 Å². The SMILES string of the molecule is Cc1nc2ccc(Cl)cn2c1C(=O)NCc1ccc(Oc2ccccc2)cc1. The fourth-order valence-corrected chi connectivity index (χ4v) is 3.14. The first-order valence-corrected chi connectivity index (χ1v) is 9.22. The van der Waals surface area contributed by atoms with E-state index in [0.717, 1.165) is 17.1 Å². The Hall–Kier alpha value is -3.31. The third-order valence-electron chi connectivity index (χ3n) is 4.33. The normalized spacial score (nSPS) is 10.8. The largest absolute Gasteiger partial charge is 0.457 e. The van der Waals surface area contributed by atoms with E-state index < -0.39 is 0 Å². The molecule has 0 aliphatic rings. The number of aryl methyl sites for hydroxylation is 1. The van der Waals surface area contributed by atoms with Gasteiger partial charge in [0.05, 0.1) is 10.7 Å². The number of hydrogen-bond donors (Lipinski definition) is 1. The highest BCUT2D eigenvalue weighted by Gasteiger charge is 2.16. The molecule has 0 atom stereocenters. The maximum absolute atomic E-state index is 12.7. The van der Waals surface area contributed by atoms with Gasteiger partial charge in [0.15, 0.2) is 0 Å². The minimum Gasteiger partial charge on any atom is -0.457 e. The average Bonchev–Trinajstić information content (AvgIpc) is 3.03. The summed E-state index contributed by atoms with van der Waals surface area (Å²) in [6, 6.07) is 20.8. The zero-order valence-corrected chi connectivity index (χ0v) is 16.0. The van der Waals surface area contributed by atoms with Gasteiger partial charge in [0.1, 0.15) is 22.8 Å². The van der Waals surface area contributed by atoms with Gasteiger partial charge in [-0.2, -0.15) is 0 Å². The van der Waals surface area contributed by atoms with E-state index in [1.54, 1.807) is 22.7 Å². The van der Waals surface area contributed by atoms with Gasteiger partial charge in [0.2, 0.25) is 0 Å². The van der Waals surface area contributed by atoms with Crippen molar-refractivity contribution in [3.63, 3.8) is 0 Å². The van der Waals surface area contributed by atoms with Crippen LogP contribution in [0.25, 0.3) is 5.65 Å². The summed E-state index contributed by atoms with van der Waals surface area (Å²) in [7, 11) is 0. The Balaban J connectivity index is 1.44. The highest BCUT2D eigenvalue weighted by Crippen LogP contribution is 2.21. The van der Waals surface area contributed by atoms with Gasteiger partial charge < -0.3 is 10.1 Å². The van der Waals surface area contributed by atoms with Crippen LogP contribution in [0.2, 0.25) is 5.02 Å². The Morgan fingerprint density at radius 2 is 1.75 bits per heavy atom. The van der Waals surface area contributed by atoms with Gasteiger partial charge in [-0.25, -0.2) is 4.98 Å². The fourth-order valence-electron chi connectivity index (χ4n) is 2.98. The molecule has 4 rings (SSSR count). The number of amides is 1. The van der Waals surface area contributed by atoms with E-state index in [-0.39, 0.29) is 5.91 Å². The molecule has 140 valence electrons. The first-order chi connectivity index (χ1) is 13.6. The number of imidazole rings is 1. The van der Waals surface area contributed by atoms with Crippen LogP contribution >= 0.6 is 11.6 Å². The highest BCUT2D eigenvalue weighted by molar-refractivity contribution is 6.30. The Kier molecular flexibility index (Phi) is 5.00. The molecular formula is C22H18ClN3O2. The molecule has 6 heteroatoms. The number of nitrogens with zero attached hydrogens (tertiary/aromatic N) is 2. The summed E-state index contributed by atoms with van der Waals surface area (Å²) in [5.74, 6) is 1.33. The van der Waals surface area contributed by atoms with Crippen molar-refractivity contribution < 1.29 is 9.53 Å². The minimum absolute atomic E-state index is 0.197. The molecule has 0 bridgehead atoms. The Morgan fingerprint density at radius 3 is 2.50 bits per heavy atom. The minimum atomic E-state index is -0.197. The van der Waals surface area contributed by atoms with Crippen molar-refractivity contribution in [1.82, 2.24) is 14.7 Å². The first-order valence-electron chi connectivity index (χ1n) is 8.84. The number of benzene rings is 2. The summed E-state index contributed by atoms with van der Waals surface area (Å²) in [5, 5.41) is 3.49. The number of para-hydroxylation sites is 1. The number of ether oxygens (including phenoxy) is 1. The number of rotatable bonds is 5. The van der Waals surface area contributed by atoms with E-state index in [1.807, 2.05) is 61.5 Å². The molecule has 2 heterocycles. The van der Waals surface area contributed by atoms with Crippen LogP contribution in [0.5, 0.6) is 11.5 Å². The molecule has 1 N–H and O–H groups in total. The lowest BCUT2D eigenvalue weighted by atomic mass is 10.2. The average molecular weight is 392 g/mol. The number of nitrogens with one attached hydrogen (secondary N) is 1. The number of carbonyl (C=O) groups is 1. The molecule has 0 aliphatic carbocycles. The molecule has 0 saturated heterocycles. The van der Waals surface area contributed by atoms with Gasteiger partial charge in [-0.15, -0.1) is 0 Å². The molecule has 0 radical (unpaired) electrons. The van der Waals surface area contributed by atoms with Crippen LogP contribution in [0.15, 0.2) is 72.9 Å². The molecule has 5 nitrogen and oxygen atoms in total. The van der Waals surface area contributed by atoms with Crippen molar-refractivity contribution in [1.29, 1.82) is 0 Å².